The molecule has 1 aliphatic carbocycles. The Labute approximate surface area is 129 Å². The fourth-order valence-electron chi connectivity index (χ4n) is 1.73. The van der Waals surface area contributed by atoms with Crippen molar-refractivity contribution in [3.05, 3.63) is 29.8 Å². The molecule has 2 atom stereocenters. The Morgan fingerprint density at radius 1 is 1.23 bits per heavy atom. The Balaban J connectivity index is 1.82. The summed E-state index contributed by atoms with van der Waals surface area (Å²) >= 11 is 0. The summed E-state index contributed by atoms with van der Waals surface area (Å²) in [5, 5.41) is 11.5. The second-order valence-corrected chi connectivity index (χ2v) is 5.26. The van der Waals surface area contributed by atoms with Crippen LogP contribution in [0.4, 0.5) is 0 Å². The molecule has 0 unspecified atom stereocenters. The Kier molecular flexibility index (Phi) is 4.99. The van der Waals surface area contributed by atoms with E-state index in [9.17, 15) is 9.59 Å². The van der Waals surface area contributed by atoms with E-state index >= 15 is 0 Å². The number of nitrogens with zero attached hydrogens (tertiary/aromatic N) is 1. The van der Waals surface area contributed by atoms with Gasteiger partial charge in [-0.25, -0.2) is 4.79 Å². The number of nitrogens with one attached hydrogen (secondary N) is 1. The van der Waals surface area contributed by atoms with Crippen molar-refractivity contribution in [1.82, 2.24) is 5.32 Å². The molecule has 22 heavy (non-hydrogen) atoms. The number of esters is 1. The van der Waals surface area contributed by atoms with Gasteiger partial charge in [0.2, 0.25) is 0 Å². The minimum absolute atomic E-state index is 0.223. The highest BCUT2D eigenvalue weighted by molar-refractivity contribution is 5.84. The average molecular weight is 302 g/mol. The van der Waals surface area contributed by atoms with Gasteiger partial charge in [-0.3, -0.25) is 4.79 Å². The van der Waals surface area contributed by atoms with E-state index in [4.69, 9.17) is 14.7 Å². The Morgan fingerprint density at radius 2 is 1.86 bits per heavy atom. The van der Waals surface area contributed by atoms with Crippen LogP contribution in [0.25, 0.3) is 0 Å². The molecule has 116 valence electrons. The highest BCUT2D eigenvalue weighted by atomic mass is 16.6. The first-order chi connectivity index (χ1) is 10.5. The first kappa shape index (κ1) is 15.8. The van der Waals surface area contributed by atoms with Crippen LogP contribution in [0.1, 0.15) is 32.3 Å². The monoisotopic (exact) mass is 302 g/mol. The molecule has 1 saturated carbocycles. The third-order valence-corrected chi connectivity index (χ3v) is 3.21. The number of hydrogen-bond donors (Lipinski definition) is 1. The van der Waals surface area contributed by atoms with Gasteiger partial charge < -0.3 is 14.8 Å². The van der Waals surface area contributed by atoms with Gasteiger partial charge in [0.05, 0.1) is 11.6 Å². The van der Waals surface area contributed by atoms with Crippen LogP contribution in [0, 0.1) is 11.3 Å². The van der Waals surface area contributed by atoms with Crippen LogP contribution >= 0.6 is 0 Å². The molecule has 1 N–H and O–H groups in total. The van der Waals surface area contributed by atoms with Gasteiger partial charge >= 0.3 is 5.97 Å². The fourth-order valence-corrected chi connectivity index (χ4v) is 1.73. The predicted molar refractivity (Wildman–Crippen MR) is 78.0 cm³/mol. The summed E-state index contributed by atoms with van der Waals surface area (Å²) in [6.07, 6.45) is 0.263. The van der Waals surface area contributed by atoms with Crippen molar-refractivity contribution < 1.29 is 19.1 Å². The Hall–Kier alpha value is -2.55. The number of amides is 1. The summed E-state index contributed by atoms with van der Waals surface area (Å²) in [4.78, 5) is 23.6. The minimum atomic E-state index is -0.847. The van der Waals surface area contributed by atoms with Gasteiger partial charge in [0.15, 0.2) is 12.2 Å². The highest BCUT2D eigenvalue weighted by Gasteiger charge is 2.28. The van der Waals surface area contributed by atoms with Gasteiger partial charge in [0.1, 0.15) is 5.75 Å². The van der Waals surface area contributed by atoms with Crippen molar-refractivity contribution in [1.29, 1.82) is 5.26 Å². The largest absolute Gasteiger partial charge is 0.479 e. The maximum absolute atomic E-state index is 11.9. The number of nitriles is 1. The SMILES string of the molecule is C[C@H](OC(=O)[C@@H](C)Oc1ccc(C#N)cc1)C(=O)NC1CC1. The number of ether oxygens (including phenoxy) is 2. The van der Waals surface area contributed by atoms with E-state index in [0.29, 0.717) is 11.3 Å². The van der Waals surface area contributed by atoms with Gasteiger partial charge in [-0.2, -0.15) is 5.26 Å². The predicted octanol–water partition coefficient (Wildman–Crippen LogP) is 1.54. The second kappa shape index (κ2) is 6.94. The van der Waals surface area contributed by atoms with Gasteiger partial charge in [0, 0.05) is 6.04 Å². The molecule has 0 saturated heterocycles. The Morgan fingerprint density at radius 3 is 2.41 bits per heavy atom. The van der Waals surface area contributed by atoms with Crippen molar-refractivity contribution in [3.8, 4) is 11.8 Å². The van der Waals surface area contributed by atoms with Gasteiger partial charge in [0.25, 0.3) is 5.91 Å². The molecule has 1 aliphatic rings. The van der Waals surface area contributed by atoms with Gasteiger partial charge in [-0.05, 0) is 51.0 Å². The van der Waals surface area contributed by atoms with Crippen molar-refractivity contribution >= 4 is 11.9 Å². The van der Waals surface area contributed by atoms with E-state index < -0.39 is 18.2 Å². The second-order valence-electron chi connectivity index (χ2n) is 5.26. The van der Waals surface area contributed by atoms with E-state index in [1.165, 1.54) is 6.92 Å². The Bertz CT molecular complexity index is 587. The smallest absolute Gasteiger partial charge is 0.347 e. The third-order valence-electron chi connectivity index (χ3n) is 3.21. The van der Waals surface area contributed by atoms with Crippen LogP contribution < -0.4 is 10.1 Å². The lowest BCUT2D eigenvalue weighted by Gasteiger charge is -2.17. The van der Waals surface area contributed by atoms with Crippen molar-refractivity contribution in [3.63, 3.8) is 0 Å². The molecular formula is C16H18N2O4. The number of carbonyl (C=O) groups is 2. The highest BCUT2D eigenvalue weighted by Crippen LogP contribution is 2.19. The number of carbonyl (C=O) groups excluding carboxylic acids is 2. The molecule has 0 bridgehead atoms. The maximum atomic E-state index is 11.9. The normalized spacial score (nSPS) is 16.0. The lowest BCUT2D eigenvalue weighted by Crippen LogP contribution is -2.39. The first-order valence-electron chi connectivity index (χ1n) is 7.17. The molecular weight excluding hydrogens is 284 g/mol. The molecule has 2 rings (SSSR count). The number of hydrogen-bond acceptors (Lipinski definition) is 5. The number of benzene rings is 1. The van der Waals surface area contributed by atoms with Crippen molar-refractivity contribution in [2.45, 2.75) is 44.9 Å². The van der Waals surface area contributed by atoms with E-state index in [1.807, 2.05) is 6.07 Å². The van der Waals surface area contributed by atoms with Gasteiger partial charge in [-0.15, -0.1) is 0 Å². The average Bonchev–Trinajstić information content (AvgIpc) is 3.31. The molecule has 1 fully saturated rings. The molecule has 1 aromatic carbocycles. The summed E-state index contributed by atoms with van der Waals surface area (Å²) in [6.45, 7) is 3.08. The molecule has 6 heteroatoms. The number of rotatable bonds is 6. The molecule has 0 aromatic heterocycles. The lowest BCUT2D eigenvalue weighted by atomic mass is 10.2. The maximum Gasteiger partial charge on any atom is 0.347 e. The molecule has 0 heterocycles. The lowest BCUT2D eigenvalue weighted by molar-refractivity contribution is -0.160. The van der Waals surface area contributed by atoms with E-state index in [1.54, 1.807) is 31.2 Å². The van der Waals surface area contributed by atoms with E-state index in [0.717, 1.165) is 12.8 Å². The van der Waals surface area contributed by atoms with Crippen LogP contribution in [0.2, 0.25) is 0 Å². The molecule has 1 aromatic rings. The van der Waals surface area contributed by atoms with Gasteiger partial charge in [-0.1, -0.05) is 0 Å². The van der Waals surface area contributed by atoms with Crippen molar-refractivity contribution in [2.24, 2.45) is 0 Å². The fraction of sp³-hybridized carbons (Fsp3) is 0.438. The zero-order chi connectivity index (χ0) is 16.1. The first-order valence-corrected chi connectivity index (χ1v) is 7.17. The molecule has 0 radical (unpaired) electrons. The third kappa shape index (κ3) is 4.48. The topological polar surface area (TPSA) is 88.4 Å². The standard InChI is InChI=1S/C16H18N2O4/c1-10(15(19)18-13-5-6-13)22-16(20)11(2)21-14-7-3-12(9-17)4-8-14/h3-4,7-8,10-11,13H,5-6H2,1-2H3,(H,18,19)/t10-,11+/m0/s1. The molecule has 0 aliphatic heterocycles. The summed E-state index contributed by atoms with van der Waals surface area (Å²) in [5.41, 5.74) is 0.507. The van der Waals surface area contributed by atoms with Crippen LogP contribution in [0.15, 0.2) is 24.3 Å². The summed E-state index contributed by atoms with van der Waals surface area (Å²) in [7, 11) is 0. The van der Waals surface area contributed by atoms with E-state index in [2.05, 4.69) is 5.32 Å². The summed E-state index contributed by atoms with van der Waals surface area (Å²) in [6, 6.07) is 8.62. The molecule has 0 spiro atoms. The quantitative estimate of drug-likeness (QED) is 0.805. The van der Waals surface area contributed by atoms with Crippen LogP contribution in [0.3, 0.4) is 0 Å². The summed E-state index contributed by atoms with van der Waals surface area (Å²) < 4.78 is 10.5. The van der Waals surface area contributed by atoms with Crippen LogP contribution in [-0.2, 0) is 14.3 Å². The van der Waals surface area contributed by atoms with Crippen LogP contribution in [0.5, 0.6) is 5.75 Å². The summed E-state index contributed by atoms with van der Waals surface area (Å²) in [5.74, 6) is -0.442. The van der Waals surface area contributed by atoms with E-state index in [-0.39, 0.29) is 11.9 Å². The molecule has 6 nitrogen and oxygen atoms in total. The minimum Gasteiger partial charge on any atom is -0.479 e. The van der Waals surface area contributed by atoms with Crippen molar-refractivity contribution in [2.75, 3.05) is 0 Å². The van der Waals surface area contributed by atoms with Crippen LogP contribution in [-0.4, -0.2) is 30.1 Å². The zero-order valence-corrected chi connectivity index (χ0v) is 12.5. The molecule has 1 amide bonds. The zero-order valence-electron chi connectivity index (χ0n) is 12.5.